The maximum Gasteiger partial charge on any atom is -1.00 e. The van der Waals surface area contributed by atoms with Crippen LogP contribution in [-0.2, 0) is 23.3 Å². The Labute approximate surface area is 229 Å². The Bertz CT molecular complexity index is 607. The molecule has 0 N–H and O–H groups in total. The van der Waals surface area contributed by atoms with Gasteiger partial charge < -0.3 is 24.8 Å². The van der Waals surface area contributed by atoms with Gasteiger partial charge in [-0.05, 0) is 10.8 Å². The summed E-state index contributed by atoms with van der Waals surface area (Å²) in [6, 6.07) is 0. The molecule has 0 aromatic rings. The summed E-state index contributed by atoms with van der Waals surface area (Å²) < 4.78 is 0. The van der Waals surface area contributed by atoms with Crippen molar-refractivity contribution in [2.45, 2.75) is 109 Å². The van der Waals surface area contributed by atoms with Crippen LogP contribution in [0, 0.1) is 33.8 Å². The molecule has 0 spiro atoms. The van der Waals surface area contributed by atoms with Crippen molar-refractivity contribution in [1.82, 2.24) is 0 Å². The van der Waals surface area contributed by atoms with E-state index in [0.717, 1.165) is 12.8 Å². The standard InChI is InChI=1S/2C13H21.C2H6Si.2ClH.Zr/c2*1-12(2,3)10-8-7-9-11(10)13(4,5)6;1-3-2;;;/h2*8H,7H2,1-6H3;1-2H3;2*1H;/q2*-1;;;;+2/p-2. The maximum absolute atomic E-state index is 3.48. The molecule has 0 nitrogen and oxygen atoms in total. The van der Waals surface area contributed by atoms with E-state index in [9.17, 15) is 0 Å². The van der Waals surface area contributed by atoms with Gasteiger partial charge in [-0.25, -0.2) is 11.1 Å². The van der Waals surface area contributed by atoms with Gasteiger partial charge in [0.05, 0.1) is 0 Å². The van der Waals surface area contributed by atoms with E-state index in [1.165, 1.54) is 22.3 Å². The molecule has 0 saturated carbocycles. The number of rotatable bonds is 0. The van der Waals surface area contributed by atoms with E-state index >= 15 is 0 Å². The third-order valence-corrected chi connectivity index (χ3v) is 4.82. The summed E-state index contributed by atoms with van der Waals surface area (Å²) in [5, 5.41) is 0. The molecular weight excluding hydrogens is 527 g/mol. The van der Waals surface area contributed by atoms with Gasteiger partial charge in [-0.2, -0.15) is 23.3 Å². The molecule has 2 aliphatic rings. The van der Waals surface area contributed by atoms with E-state index in [-0.39, 0.29) is 51.9 Å². The molecule has 0 aromatic heterocycles. The maximum atomic E-state index is 3.48. The molecule has 0 atom stereocenters. The van der Waals surface area contributed by atoms with E-state index in [4.69, 9.17) is 0 Å². The minimum atomic E-state index is 0. The van der Waals surface area contributed by atoms with Crippen LogP contribution in [0.25, 0.3) is 0 Å². The van der Waals surface area contributed by atoms with Crippen LogP contribution < -0.4 is 24.8 Å². The van der Waals surface area contributed by atoms with Crippen LogP contribution in [-0.4, -0.2) is 5.43 Å². The van der Waals surface area contributed by atoms with Crippen molar-refractivity contribution in [2.75, 3.05) is 0 Å². The fourth-order valence-corrected chi connectivity index (χ4v) is 3.61. The summed E-state index contributed by atoms with van der Waals surface area (Å²) in [6.07, 6.45) is 13.6. The second-order valence-corrected chi connectivity index (χ2v) is 22.1. The topological polar surface area (TPSA) is 0 Å². The van der Waals surface area contributed by atoms with Crippen LogP contribution in [0.4, 0.5) is 0 Å². The Kier molecular flexibility index (Phi) is 16.6. The molecular formula is C28H48Cl2SiZr-2. The van der Waals surface area contributed by atoms with Crippen LogP contribution in [0.3, 0.4) is 0 Å². The quantitative estimate of drug-likeness (QED) is 0.308. The number of halogens is 2. The van der Waals surface area contributed by atoms with E-state index in [2.05, 4.69) is 120 Å². The Morgan fingerprint density at radius 2 is 0.812 bits per heavy atom. The minimum Gasteiger partial charge on any atom is -1.00 e. The number of hydrogen-bond donors (Lipinski definition) is 0. The van der Waals surface area contributed by atoms with Gasteiger partial charge in [0.25, 0.3) is 0 Å². The second-order valence-electron chi connectivity index (χ2n) is 12.7. The number of allylic oxidation sites excluding steroid dienone is 8. The van der Waals surface area contributed by atoms with Crippen LogP contribution in [0.1, 0.15) is 95.9 Å². The Morgan fingerprint density at radius 1 is 0.594 bits per heavy atom. The van der Waals surface area contributed by atoms with Gasteiger partial charge in [0.2, 0.25) is 0 Å². The molecule has 2 aliphatic carbocycles. The van der Waals surface area contributed by atoms with E-state index in [0.29, 0.717) is 0 Å². The minimum absolute atomic E-state index is 0. The van der Waals surface area contributed by atoms with Crippen molar-refractivity contribution >= 4 is 5.43 Å². The zero-order valence-corrected chi connectivity index (χ0v) is 28.3. The zero-order valence-electron chi connectivity index (χ0n) is 23.3. The zero-order chi connectivity index (χ0) is 24.1. The van der Waals surface area contributed by atoms with Crippen LogP contribution in [0.2, 0.25) is 13.1 Å². The first-order chi connectivity index (χ1) is 13.2. The molecule has 0 heterocycles. The van der Waals surface area contributed by atoms with Crippen molar-refractivity contribution < 1.29 is 48.1 Å². The van der Waals surface area contributed by atoms with Gasteiger partial charge in [0.15, 0.2) is 0 Å². The molecule has 0 radical (unpaired) electrons. The monoisotopic (exact) mass is 572 g/mol. The van der Waals surface area contributed by atoms with Crippen molar-refractivity contribution in [2.24, 2.45) is 21.7 Å². The first kappa shape index (κ1) is 37.2. The Balaban J connectivity index is -0.000000428. The van der Waals surface area contributed by atoms with Gasteiger partial charge in [0.1, 0.15) is 0 Å². The third-order valence-electron chi connectivity index (χ3n) is 4.82. The molecule has 184 valence electrons. The van der Waals surface area contributed by atoms with Crippen LogP contribution in [0.5, 0.6) is 0 Å². The Morgan fingerprint density at radius 3 is 0.938 bits per heavy atom. The van der Waals surface area contributed by atoms with Gasteiger partial charge in [-0.15, -0.1) is 12.8 Å². The molecule has 0 saturated heterocycles. The van der Waals surface area contributed by atoms with Gasteiger partial charge in [0, 0.05) is 0 Å². The van der Waals surface area contributed by atoms with E-state index < -0.39 is 0 Å². The summed E-state index contributed by atoms with van der Waals surface area (Å²) in [5.41, 5.74) is 7.05. The van der Waals surface area contributed by atoms with Gasteiger partial charge in [-0.1, -0.05) is 93.9 Å². The summed E-state index contributed by atoms with van der Waals surface area (Å²) in [6.45, 7) is 31.9. The molecule has 4 heteroatoms. The molecule has 0 aromatic carbocycles. The fourth-order valence-electron chi connectivity index (χ4n) is 3.61. The Hall–Kier alpha value is 0.640. The van der Waals surface area contributed by atoms with Crippen molar-refractivity contribution in [3.05, 3.63) is 46.6 Å². The average molecular weight is 575 g/mol. The average Bonchev–Trinajstić information content (AvgIpc) is 3.15. The van der Waals surface area contributed by atoms with Crippen LogP contribution >= 0.6 is 0 Å². The fraction of sp³-hybridized carbons (Fsp3) is 0.714. The van der Waals surface area contributed by atoms with Crippen molar-refractivity contribution in [3.8, 4) is 0 Å². The third kappa shape index (κ3) is 13.5. The SMILES string of the molecule is CC(C)(C)C1=[C-]CC=C1C(C)(C)C.CC(C)(C)C1=[C-]CC=C1C(C)(C)C.C[Si](C)=[Zr+2].[Cl-].[Cl-]. The molecule has 32 heavy (non-hydrogen) atoms. The van der Waals surface area contributed by atoms with Crippen molar-refractivity contribution in [3.63, 3.8) is 0 Å². The van der Waals surface area contributed by atoms with Gasteiger partial charge in [-0.3, -0.25) is 12.2 Å². The smallest absolute Gasteiger partial charge is 1.00 e. The van der Waals surface area contributed by atoms with Gasteiger partial charge >= 0.3 is 41.9 Å². The van der Waals surface area contributed by atoms with E-state index in [1.807, 2.05) is 0 Å². The molecule has 0 fully saturated rings. The predicted molar refractivity (Wildman–Crippen MR) is 134 cm³/mol. The first-order valence-corrected chi connectivity index (χ1v) is 17.5. The normalized spacial score (nSPS) is 16.0. The molecule has 0 bridgehead atoms. The predicted octanol–water partition coefficient (Wildman–Crippen LogP) is 3.07. The molecule has 0 amide bonds. The molecule has 0 aliphatic heterocycles. The summed E-state index contributed by atoms with van der Waals surface area (Å²) >= 11 is 1.74. The summed E-state index contributed by atoms with van der Waals surface area (Å²) in [5.74, 6) is 0. The largest absolute Gasteiger partial charge is 1.00 e. The second kappa shape index (κ2) is 14.3. The van der Waals surface area contributed by atoms with Crippen molar-refractivity contribution in [1.29, 1.82) is 0 Å². The van der Waals surface area contributed by atoms with Crippen LogP contribution in [0.15, 0.2) is 34.4 Å². The summed E-state index contributed by atoms with van der Waals surface area (Å²) in [4.78, 5) is 0. The molecule has 2 rings (SSSR count). The summed E-state index contributed by atoms with van der Waals surface area (Å²) in [7, 11) is 0. The number of hydrogen-bond acceptors (Lipinski definition) is 0. The first-order valence-electron chi connectivity index (χ1n) is 11.4. The molecule has 0 unspecified atom stereocenters. The van der Waals surface area contributed by atoms with E-state index in [1.54, 1.807) is 23.3 Å².